The van der Waals surface area contributed by atoms with Gasteiger partial charge in [0.2, 0.25) is 5.91 Å². The molecule has 3 nitrogen and oxygen atoms in total. The van der Waals surface area contributed by atoms with Crippen LogP contribution in [0.4, 0.5) is 0 Å². The van der Waals surface area contributed by atoms with Crippen LogP contribution in [0.2, 0.25) is 0 Å². The van der Waals surface area contributed by atoms with Crippen LogP contribution in [0.1, 0.15) is 16.7 Å². The molecule has 104 valence electrons. The first-order valence-electron chi connectivity index (χ1n) is 6.36. The second kappa shape index (κ2) is 7.10. The van der Waals surface area contributed by atoms with Crippen LogP contribution >= 0.6 is 15.9 Å². The lowest BCUT2D eigenvalue weighted by Crippen LogP contribution is -2.24. The molecule has 0 aliphatic heterocycles. The molecule has 0 heterocycles. The van der Waals surface area contributed by atoms with E-state index in [2.05, 4.69) is 27.3 Å². The Morgan fingerprint density at radius 2 is 1.75 bits per heavy atom. The predicted octanol–water partition coefficient (Wildman–Crippen LogP) is 3.15. The van der Waals surface area contributed by atoms with Crippen LogP contribution < -0.4 is 5.32 Å². The Morgan fingerprint density at radius 3 is 2.50 bits per heavy atom. The number of nitrogens with one attached hydrogen (secondary N) is 1. The highest BCUT2D eigenvalue weighted by molar-refractivity contribution is 9.08. The van der Waals surface area contributed by atoms with Gasteiger partial charge in [-0.3, -0.25) is 4.79 Å². The maximum Gasteiger partial charge on any atom is 0.224 e. The minimum atomic E-state index is -0.0557. The molecule has 1 amide bonds. The summed E-state index contributed by atoms with van der Waals surface area (Å²) in [4.78, 5) is 11.8. The first-order chi connectivity index (χ1) is 9.67. The van der Waals surface area contributed by atoms with Gasteiger partial charge in [0.1, 0.15) is 5.75 Å². The van der Waals surface area contributed by atoms with Gasteiger partial charge in [0.15, 0.2) is 0 Å². The number of phenolic OH excluding ortho intramolecular Hbond substituents is 1. The number of benzene rings is 2. The third kappa shape index (κ3) is 4.38. The van der Waals surface area contributed by atoms with Crippen molar-refractivity contribution in [1.29, 1.82) is 0 Å². The van der Waals surface area contributed by atoms with Crippen molar-refractivity contribution in [3.8, 4) is 5.75 Å². The lowest BCUT2D eigenvalue weighted by molar-refractivity contribution is -0.120. The molecule has 4 heteroatoms. The molecule has 0 bridgehead atoms. The van der Waals surface area contributed by atoms with Crippen LogP contribution in [0.15, 0.2) is 48.5 Å². The number of carbonyl (C=O) groups is 1. The van der Waals surface area contributed by atoms with Crippen LogP contribution in [-0.2, 0) is 23.1 Å². The van der Waals surface area contributed by atoms with Gasteiger partial charge in [-0.1, -0.05) is 52.3 Å². The monoisotopic (exact) mass is 333 g/mol. The Morgan fingerprint density at radius 1 is 1.05 bits per heavy atom. The molecular weight excluding hydrogens is 318 g/mol. The van der Waals surface area contributed by atoms with Crippen molar-refractivity contribution in [2.24, 2.45) is 0 Å². The van der Waals surface area contributed by atoms with Crippen molar-refractivity contribution in [3.05, 3.63) is 65.2 Å². The number of rotatable bonds is 5. The standard InChI is InChI=1S/C16H16BrNO2/c17-10-13-4-1-5-14(7-13)11-18-16(20)9-12-3-2-6-15(19)8-12/h1-8,19H,9-11H2,(H,18,20). The van der Waals surface area contributed by atoms with E-state index in [1.165, 1.54) is 5.56 Å². The second-order valence-electron chi connectivity index (χ2n) is 4.58. The summed E-state index contributed by atoms with van der Waals surface area (Å²) in [6.07, 6.45) is 0.270. The van der Waals surface area contributed by atoms with E-state index >= 15 is 0 Å². The highest BCUT2D eigenvalue weighted by atomic mass is 79.9. The molecule has 0 aromatic heterocycles. The summed E-state index contributed by atoms with van der Waals surface area (Å²) in [5, 5.41) is 13.0. The summed E-state index contributed by atoms with van der Waals surface area (Å²) in [6.45, 7) is 0.512. The first-order valence-corrected chi connectivity index (χ1v) is 7.48. The summed E-state index contributed by atoms with van der Waals surface area (Å²) in [5.74, 6) is 0.125. The fourth-order valence-electron chi connectivity index (χ4n) is 1.94. The number of amides is 1. The molecule has 0 atom stereocenters. The van der Waals surface area contributed by atoms with E-state index in [-0.39, 0.29) is 18.1 Å². The fraction of sp³-hybridized carbons (Fsp3) is 0.188. The van der Waals surface area contributed by atoms with Crippen molar-refractivity contribution >= 4 is 21.8 Å². The molecule has 0 radical (unpaired) electrons. The Balaban J connectivity index is 1.88. The highest BCUT2D eigenvalue weighted by Crippen LogP contribution is 2.12. The summed E-state index contributed by atoms with van der Waals surface area (Å²) < 4.78 is 0. The van der Waals surface area contributed by atoms with Gasteiger partial charge < -0.3 is 10.4 Å². The fourth-order valence-corrected chi connectivity index (χ4v) is 2.29. The van der Waals surface area contributed by atoms with Crippen molar-refractivity contribution in [1.82, 2.24) is 5.32 Å². The summed E-state index contributed by atoms with van der Waals surface area (Å²) >= 11 is 3.41. The third-order valence-corrected chi connectivity index (χ3v) is 3.56. The zero-order chi connectivity index (χ0) is 14.4. The van der Waals surface area contributed by atoms with Crippen LogP contribution in [0.25, 0.3) is 0 Å². The average Bonchev–Trinajstić information content (AvgIpc) is 2.45. The molecule has 0 saturated carbocycles. The van der Waals surface area contributed by atoms with Crippen LogP contribution in [0.5, 0.6) is 5.75 Å². The van der Waals surface area contributed by atoms with E-state index in [1.54, 1.807) is 18.2 Å². The summed E-state index contributed by atoms with van der Waals surface area (Å²) in [6, 6.07) is 14.8. The van der Waals surface area contributed by atoms with Gasteiger partial charge in [-0.15, -0.1) is 0 Å². The maximum absolute atomic E-state index is 11.8. The molecule has 0 aliphatic carbocycles. The molecular formula is C16H16BrNO2. The second-order valence-corrected chi connectivity index (χ2v) is 5.14. The largest absolute Gasteiger partial charge is 0.508 e. The van der Waals surface area contributed by atoms with E-state index in [1.807, 2.05) is 24.3 Å². The van der Waals surface area contributed by atoms with Gasteiger partial charge in [0, 0.05) is 11.9 Å². The lowest BCUT2D eigenvalue weighted by Gasteiger charge is -2.07. The van der Waals surface area contributed by atoms with Crippen LogP contribution in [-0.4, -0.2) is 11.0 Å². The van der Waals surface area contributed by atoms with E-state index in [4.69, 9.17) is 0 Å². The Kier molecular flexibility index (Phi) is 5.18. The quantitative estimate of drug-likeness (QED) is 0.826. The Bertz CT molecular complexity index is 599. The molecule has 0 fully saturated rings. The van der Waals surface area contributed by atoms with E-state index in [9.17, 15) is 9.90 Å². The Hall–Kier alpha value is -1.81. The minimum Gasteiger partial charge on any atom is -0.508 e. The number of alkyl halides is 1. The number of hydrogen-bond donors (Lipinski definition) is 2. The van der Waals surface area contributed by atoms with Gasteiger partial charge in [-0.05, 0) is 28.8 Å². The third-order valence-electron chi connectivity index (χ3n) is 2.91. The van der Waals surface area contributed by atoms with E-state index in [0.29, 0.717) is 6.54 Å². The van der Waals surface area contributed by atoms with Crippen LogP contribution in [0, 0.1) is 0 Å². The topological polar surface area (TPSA) is 49.3 Å². The number of aromatic hydroxyl groups is 1. The van der Waals surface area contributed by atoms with Gasteiger partial charge in [-0.25, -0.2) is 0 Å². The van der Waals surface area contributed by atoms with Gasteiger partial charge in [0.25, 0.3) is 0 Å². The summed E-state index contributed by atoms with van der Waals surface area (Å²) in [7, 11) is 0. The highest BCUT2D eigenvalue weighted by Gasteiger charge is 2.04. The SMILES string of the molecule is O=C(Cc1cccc(O)c1)NCc1cccc(CBr)c1. The number of phenols is 1. The van der Waals surface area contributed by atoms with Gasteiger partial charge >= 0.3 is 0 Å². The minimum absolute atomic E-state index is 0.0557. The molecule has 0 aliphatic rings. The number of hydrogen-bond acceptors (Lipinski definition) is 2. The van der Waals surface area contributed by atoms with Crippen LogP contribution in [0.3, 0.4) is 0 Å². The molecule has 2 aromatic carbocycles. The molecule has 2 aromatic rings. The molecule has 2 rings (SSSR count). The molecule has 0 unspecified atom stereocenters. The lowest BCUT2D eigenvalue weighted by atomic mass is 10.1. The zero-order valence-electron chi connectivity index (χ0n) is 11.0. The predicted molar refractivity (Wildman–Crippen MR) is 82.7 cm³/mol. The van der Waals surface area contributed by atoms with Gasteiger partial charge in [-0.2, -0.15) is 0 Å². The molecule has 0 saturated heterocycles. The molecule has 20 heavy (non-hydrogen) atoms. The maximum atomic E-state index is 11.8. The van der Waals surface area contributed by atoms with Gasteiger partial charge in [0.05, 0.1) is 6.42 Å². The normalized spacial score (nSPS) is 10.2. The van der Waals surface area contributed by atoms with Crippen molar-refractivity contribution in [2.45, 2.75) is 18.3 Å². The molecule has 0 spiro atoms. The number of carbonyl (C=O) groups excluding carboxylic acids is 1. The Labute approximate surface area is 126 Å². The number of halogens is 1. The van der Waals surface area contributed by atoms with Crippen molar-refractivity contribution in [2.75, 3.05) is 0 Å². The summed E-state index contributed by atoms with van der Waals surface area (Å²) in [5.41, 5.74) is 3.06. The smallest absolute Gasteiger partial charge is 0.224 e. The van der Waals surface area contributed by atoms with Crippen molar-refractivity contribution < 1.29 is 9.90 Å². The van der Waals surface area contributed by atoms with Crippen molar-refractivity contribution in [3.63, 3.8) is 0 Å². The zero-order valence-corrected chi connectivity index (χ0v) is 12.6. The van der Waals surface area contributed by atoms with E-state index in [0.717, 1.165) is 16.5 Å². The van der Waals surface area contributed by atoms with E-state index < -0.39 is 0 Å². The molecule has 2 N–H and O–H groups in total. The average molecular weight is 334 g/mol. The first kappa shape index (κ1) is 14.6.